The third kappa shape index (κ3) is 3.52. The number of nitrogens with zero attached hydrogens (tertiary/aromatic N) is 2. The molecule has 2 rings (SSSR count). The minimum Gasteiger partial charge on any atom is -0.392 e. The van der Waals surface area contributed by atoms with Crippen LogP contribution in [0.2, 0.25) is 0 Å². The number of benzene rings is 1. The number of aliphatic hydroxyl groups excluding tert-OH is 1. The fraction of sp³-hybridized carbons (Fsp3) is 0.154. The van der Waals surface area contributed by atoms with Crippen LogP contribution < -0.4 is 5.32 Å². The molecule has 1 aromatic heterocycles. The fourth-order valence-electron chi connectivity index (χ4n) is 1.65. The van der Waals surface area contributed by atoms with Crippen molar-refractivity contribution in [2.75, 3.05) is 5.32 Å². The van der Waals surface area contributed by atoms with Crippen molar-refractivity contribution < 1.29 is 10.0 Å². The van der Waals surface area contributed by atoms with Crippen molar-refractivity contribution in [2.24, 2.45) is 0 Å². The SMILES string of the molecule is O=[N+]([O-])c1cc(Br)cnc1NCc1ccc(CO)cc1. The van der Waals surface area contributed by atoms with E-state index >= 15 is 0 Å². The standard InChI is InChI=1S/C13H12BrN3O3/c14-11-5-12(17(19)20)13(16-7-11)15-6-9-1-3-10(8-18)4-2-9/h1-5,7,18H,6,8H2,(H,15,16). The minimum atomic E-state index is -0.477. The molecular weight excluding hydrogens is 326 g/mol. The molecule has 0 radical (unpaired) electrons. The number of aromatic nitrogens is 1. The monoisotopic (exact) mass is 337 g/mol. The molecule has 0 spiro atoms. The molecule has 2 aromatic rings. The van der Waals surface area contributed by atoms with Crippen molar-refractivity contribution in [3.8, 4) is 0 Å². The summed E-state index contributed by atoms with van der Waals surface area (Å²) in [7, 11) is 0. The Bertz CT molecular complexity index is 617. The highest BCUT2D eigenvalue weighted by Gasteiger charge is 2.15. The normalized spacial score (nSPS) is 10.3. The first-order valence-electron chi connectivity index (χ1n) is 5.82. The van der Waals surface area contributed by atoms with Crippen LogP contribution in [0.4, 0.5) is 11.5 Å². The van der Waals surface area contributed by atoms with E-state index in [0.29, 0.717) is 11.0 Å². The molecule has 0 aliphatic rings. The van der Waals surface area contributed by atoms with Gasteiger partial charge in [-0.15, -0.1) is 0 Å². The Morgan fingerprint density at radius 1 is 1.30 bits per heavy atom. The van der Waals surface area contributed by atoms with Gasteiger partial charge in [-0.1, -0.05) is 24.3 Å². The number of nitro groups is 1. The summed E-state index contributed by atoms with van der Waals surface area (Å²) in [4.78, 5) is 14.5. The molecule has 0 atom stereocenters. The van der Waals surface area contributed by atoms with Gasteiger partial charge in [0.15, 0.2) is 0 Å². The summed E-state index contributed by atoms with van der Waals surface area (Å²) in [5, 5.41) is 22.8. The van der Waals surface area contributed by atoms with Crippen molar-refractivity contribution in [3.63, 3.8) is 0 Å². The third-order valence-electron chi connectivity index (χ3n) is 2.70. The lowest BCUT2D eigenvalue weighted by Crippen LogP contribution is -2.04. The first-order chi connectivity index (χ1) is 9.60. The molecule has 0 saturated heterocycles. The molecule has 6 nitrogen and oxygen atoms in total. The van der Waals surface area contributed by atoms with Gasteiger partial charge in [-0.05, 0) is 27.1 Å². The number of halogens is 1. The first-order valence-corrected chi connectivity index (χ1v) is 6.62. The van der Waals surface area contributed by atoms with Crippen LogP contribution in [-0.2, 0) is 13.2 Å². The predicted octanol–water partition coefficient (Wildman–Crippen LogP) is 2.86. The van der Waals surface area contributed by atoms with Gasteiger partial charge in [0.25, 0.3) is 0 Å². The Labute approximate surface area is 123 Å². The summed E-state index contributed by atoms with van der Waals surface area (Å²) in [5.41, 5.74) is 1.69. The molecule has 0 saturated carbocycles. The summed E-state index contributed by atoms with van der Waals surface area (Å²) in [6, 6.07) is 8.72. The maximum atomic E-state index is 10.9. The Morgan fingerprint density at radius 2 is 1.95 bits per heavy atom. The van der Waals surface area contributed by atoms with Crippen molar-refractivity contribution in [1.82, 2.24) is 4.98 Å². The van der Waals surface area contributed by atoms with Gasteiger partial charge in [-0.3, -0.25) is 10.1 Å². The summed E-state index contributed by atoms with van der Waals surface area (Å²) >= 11 is 3.16. The molecule has 1 heterocycles. The van der Waals surface area contributed by atoms with Crippen LogP contribution in [0.1, 0.15) is 11.1 Å². The molecular formula is C13H12BrN3O3. The van der Waals surface area contributed by atoms with Gasteiger partial charge in [0, 0.05) is 23.3 Å². The number of nitrogens with one attached hydrogen (secondary N) is 1. The maximum absolute atomic E-state index is 10.9. The van der Waals surface area contributed by atoms with Crippen LogP contribution in [0.25, 0.3) is 0 Å². The molecule has 7 heteroatoms. The van der Waals surface area contributed by atoms with E-state index in [0.717, 1.165) is 11.1 Å². The maximum Gasteiger partial charge on any atom is 0.312 e. The zero-order valence-corrected chi connectivity index (χ0v) is 12.0. The molecule has 104 valence electrons. The lowest BCUT2D eigenvalue weighted by atomic mass is 10.1. The number of rotatable bonds is 5. The van der Waals surface area contributed by atoms with Crippen molar-refractivity contribution >= 4 is 27.4 Å². The molecule has 0 unspecified atom stereocenters. The highest BCUT2D eigenvalue weighted by molar-refractivity contribution is 9.10. The number of aliphatic hydroxyl groups is 1. The van der Waals surface area contributed by atoms with Crippen LogP contribution >= 0.6 is 15.9 Å². The van der Waals surface area contributed by atoms with Crippen LogP contribution in [0.3, 0.4) is 0 Å². The topological polar surface area (TPSA) is 88.3 Å². The highest BCUT2D eigenvalue weighted by Crippen LogP contribution is 2.25. The van der Waals surface area contributed by atoms with Gasteiger partial charge >= 0.3 is 5.69 Å². The Kier molecular flexibility index (Phi) is 4.65. The second kappa shape index (κ2) is 6.44. The zero-order valence-electron chi connectivity index (χ0n) is 10.4. The predicted molar refractivity (Wildman–Crippen MR) is 78.3 cm³/mol. The van der Waals surface area contributed by atoms with Crippen molar-refractivity contribution in [2.45, 2.75) is 13.2 Å². The Morgan fingerprint density at radius 3 is 2.55 bits per heavy atom. The highest BCUT2D eigenvalue weighted by atomic mass is 79.9. The van der Waals surface area contributed by atoms with Gasteiger partial charge in [0.2, 0.25) is 5.82 Å². The van der Waals surface area contributed by atoms with Crippen LogP contribution in [0.5, 0.6) is 0 Å². The number of hydrogen-bond acceptors (Lipinski definition) is 5. The first kappa shape index (κ1) is 14.4. The van der Waals surface area contributed by atoms with Crippen molar-refractivity contribution in [3.05, 3.63) is 62.2 Å². The summed E-state index contributed by atoms with van der Waals surface area (Å²) in [6.45, 7) is 0.411. The number of hydrogen-bond donors (Lipinski definition) is 2. The van der Waals surface area contributed by atoms with Crippen LogP contribution in [0.15, 0.2) is 41.0 Å². The van der Waals surface area contributed by atoms with E-state index in [9.17, 15) is 10.1 Å². The van der Waals surface area contributed by atoms with E-state index in [1.165, 1.54) is 12.3 Å². The molecule has 0 fully saturated rings. The number of anilines is 1. The summed E-state index contributed by atoms with van der Waals surface area (Å²) < 4.78 is 0.557. The van der Waals surface area contributed by atoms with Gasteiger partial charge in [-0.25, -0.2) is 4.98 Å². The fourth-order valence-corrected chi connectivity index (χ4v) is 1.97. The van der Waals surface area contributed by atoms with E-state index in [2.05, 4.69) is 26.2 Å². The molecule has 0 bridgehead atoms. The zero-order chi connectivity index (χ0) is 14.5. The largest absolute Gasteiger partial charge is 0.392 e. The van der Waals surface area contributed by atoms with E-state index < -0.39 is 4.92 Å². The third-order valence-corrected chi connectivity index (χ3v) is 3.13. The molecule has 1 aromatic carbocycles. The van der Waals surface area contributed by atoms with Crippen molar-refractivity contribution in [1.29, 1.82) is 0 Å². The van der Waals surface area contributed by atoms with E-state index in [4.69, 9.17) is 5.11 Å². The molecule has 2 N–H and O–H groups in total. The second-order valence-electron chi connectivity index (χ2n) is 4.11. The second-order valence-corrected chi connectivity index (χ2v) is 5.02. The average Bonchev–Trinajstić information content (AvgIpc) is 2.46. The Balaban J connectivity index is 2.12. The molecule has 0 aliphatic heterocycles. The van der Waals surface area contributed by atoms with Crippen LogP contribution in [-0.4, -0.2) is 15.0 Å². The summed E-state index contributed by atoms with van der Waals surface area (Å²) in [6.07, 6.45) is 1.50. The van der Waals surface area contributed by atoms with Gasteiger partial charge < -0.3 is 10.4 Å². The van der Waals surface area contributed by atoms with Gasteiger partial charge in [0.1, 0.15) is 0 Å². The molecule has 20 heavy (non-hydrogen) atoms. The van der Waals surface area contributed by atoms with Crippen LogP contribution in [0, 0.1) is 10.1 Å². The van der Waals surface area contributed by atoms with E-state index in [-0.39, 0.29) is 18.1 Å². The van der Waals surface area contributed by atoms with Gasteiger partial charge in [-0.2, -0.15) is 0 Å². The molecule has 0 aliphatic carbocycles. The van der Waals surface area contributed by atoms with E-state index in [1.54, 1.807) is 12.1 Å². The average molecular weight is 338 g/mol. The summed E-state index contributed by atoms with van der Waals surface area (Å²) in [5.74, 6) is 0.226. The minimum absolute atomic E-state index is 0.00650. The lowest BCUT2D eigenvalue weighted by Gasteiger charge is -2.07. The quantitative estimate of drug-likeness (QED) is 0.646. The van der Waals surface area contributed by atoms with E-state index in [1.807, 2.05) is 12.1 Å². The smallest absolute Gasteiger partial charge is 0.312 e. The van der Waals surface area contributed by atoms with Gasteiger partial charge in [0.05, 0.1) is 11.5 Å². The lowest BCUT2D eigenvalue weighted by molar-refractivity contribution is -0.384. The molecule has 0 amide bonds. The Hall–Kier alpha value is -1.99. The number of pyridine rings is 1.